The summed E-state index contributed by atoms with van der Waals surface area (Å²) in [6.07, 6.45) is 7.82. The van der Waals surface area contributed by atoms with Crippen LogP contribution in [0.25, 0.3) is 11.0 Å². The maximum absolute atomic E-state index is 12.6. The molecule has 1 N–H and O–H groups in total. The SMILES string of the molecule is O=C(NCCOCCC1CC1)c1cc2cccnc2nc1C1CC1. The molecule has 2 aromatic rings. The van der Waals surface area contributed by atoms with Gasteiger partial charge in [-0.15, -0.1) is 0 Å². The molecule has 1 amide bonds. The smallest absolute Gasteiger partial charge is 0.253 e. The largest absolute Gasteiger partial charge is 0.380 e. The molecule has 2 saturated carbocycles. The standard InChI is InChI=1S/C19H23N3O2/c23-19(21-9-11-24-10-7-13-3-4-13)16-12-15-2-1-8-20-18(15)22-17(16)14-5-6-14/h1-2,8,12-14H,3-7,9-11H2,(H,21,23). The summed E-state index contributed by atoms with van der Waals surface area (Å²) in [6.45, 7) is 1.91. The number of pyridine rings is 2. The van der Waals surface area contributed by atoms with Crippen LogP contribution >= 0.6 is 0 Å². The highest BCUT2D eigenvalue weighted by Gasteiger charge is 2.30. The quantitative estimate of drug-likeness (QED) is 0.758. The van der Waals surface area contributed by atoms with Crippen LogP contribution in [0.4, 0.5) is 0 Å². The van der Waals surface area contributed by atoms with Crippen molar-refractivity contribution in [2.24, 2.45) is 5.92 Å². The molecule has 0 aliphatic heterocycles. The highest BCUT2D eigenvalue weighted by molar-refractivity contribution is 5.98. The van der Waals surface area contributed by atoms with Gasteiger partial charge in [-0.3, -0.25) is 4.79 Å². The van der Waals surface area contributed by atoms with Crippen molar-refractivity contribution in [2.75, 3.05) is 19.8 Å². The van der Waals surface area contributed by atoms with Crippen LogP contribution in [0.3, 0.4) is 0 Å². The van der Waals surface area contributed by atoms with Gasteiger partial charge in [-0.1, -0.05) is 12.8 Å². The Kier molecular flexibility index (Phi) is 4.43. The fourth-order valence-corrected chi connectivity index (χ4v) is 2.96. The van der Waals surface area contributed by atoms with Gasteiger partial charge >= 0.3 is 0 Å². The fraction of sp³-hybridized carbons (Fsp3) is 0.526. The number of carbonyl (C=O) groups is 1. The Morgan fingerprint density at radius 3 is 2.92 bits per heavy atom. The number of nitrogens with zero attached hydrogens (tertiary/aromatic N) is 2. The first kappa shape index (κ1) is 15.5. The molecule has 5 heteroatoms. The van der Waals surface area contributed by atoms with Gasteiger partial charge in [0.15, 0.2) is 5.65 Å². The zero-order chi connectivity index (χ0) is 16.4. The lowest BCUT2D eigenvalue weighted by molar-refractivity contribution is 0.0909. The maximum Gasteiger partial charge on any atom is 0.253 e. The van der Waals surface area contributed by atoms with Gasteiger partial charge in [-0.25, -0.2) is 9.97 Å². The molecule has 2 fully saturated rings. The summed E-state index contributed by atoms with van der Waals surface area (Å²) in [6, 6.07) is 5.74. The monoisotopic (exact) mass is 325 g/mol. The third-order valence-electron chi connectivity index (χ3n) is 4.73. The Bertz CT molecular complexity index is 738. The van der Waals surface area contributed by atoms with Crippen LogP contribution in [0.2, 0.25) is 0 Å². The number of hydrogen-bond acceptors (Lipinski definition) is 4. The molecule has 2 aromatic heterocycles. The number of amides is 1. The first-order chi connectivity index (χ1) is 11.8. The lowest BCUT2D eigenvalue weighted by Crippen LogP contribution is -2.28. The number of rotatable bonds is 8. The molecule has 0 bridgehead atoms. The van der Waals surface area contributed by atoms with E-state index in [2.05, 4.69) is 15.3 Å². The summed E-state index contributed by atoms with van der Waals surface area (Å²) >= 11 is 0. The zero-order valence-corrected chi connectivity index (χ0v) is 13.8. The van der Waals surface area contributed by atoms with Crippen molar-refractivity contribution in [3.63, 3.8) is 0 Å². The number of fused-ring (bicyclic) bond motifs is 1. The molecule has 0 radical (unpaired) electrons. The van der Waals surface area contributed by atoms with Gasteiger partial charge in [0.25, 0.3) is 5.91 Å². The van der Waals surface area contributed by atoms with E-state index in [1.807, 2.05) is 18.2 Å². The van der Waals surface area contributed by atoms with Gasteiger partial charge < -0.3 is 10.1 Å². The van der Waals surface area contributed by atoms with Crippen molar-refractivity contribution in [3.8, 4) is 0 Å². The van der Waals surface area contributed by atoms with Crippen LogP contribution in [0, 0.1) is 5.92 Å². The molecular formula is C19H23N3O2. The Hall–Kier alpha value is -2.01. The van der Waals surface area contributed by atoms with Crippen LogP contribution < -0.4 is 5.32 Å². The van der Waals surface area contributed by atoms with E-state index in [1.54, 1.807) is 6.20 Å². The predicted molar refractivity (Wildman–Crippen MR) is 92.0 cm³/mol. The molecule has 0 aromatic carbocycles. The predicted octanol–water partition coefficient (Wildman–Crippen LogP) is 3.05. The normalized spacial score (nSPS) is 17.2. The Morgan fingerprint density at radius 2 is 2.12 bits per heavy atom. The summed E-state index contributed by atoms with van der Waals surface area (Å²) in [5.41, 5.74) is 2.31. The summed E-state index contributed by atoms with van der Waals surface area (Å²) in [4.78, 5) is 21.5. The Balaban J connectivity index is 1.38. The van der Waals surface area contributed by atoms with E-state index < -0.39 is 0 Å². The van der Waals surface area contributed by atoms with Crippen LogP contribution in [-0.4, -0.2) is 35.6 Å². The van der Waals surface area contributed by atoms with Crippen molar-refractivity contribution < 1.29 is 9.53 Å². The second kappa shape index (κ2) is 6.85. The van der Waals surface area contributed by atoms with E-state index in [-0.39, 0.29) is 5.91 Å². The van der Waals surface area contributed by atoms with E-state index in [4.69, 9.17) is 4.74 Å². The average molecular weight is 325 g/mol. The second-order valence-electron chi connectivity index (χ2n) is 6.85. The first-order valence-corrected chi connectivity index (χ1v) is 8.93. The fourth-order valence-electron chi connectivity index (χ4n) is 2.96. The molecule has 2 aliphatic carbocycles. The minimum atomic E-state index is -0.0547. The van der Waals surface area contributed by atoms with Gasteiger partial charge in [0, 0.05) is 30.7 Å². The average Bonchev–Trinajstić information content (AvgIpc) is 3.49. The number of hydrogen-bond donors (Lipinski definition) is 1. The molecule has 0 unspecified atom stereocenters. The highest BCUT2D eigenvalue weighted by Crippen LogP contribution is 2.41. The minimum absolute atomic E-state index is 0.0547. The van der Waals surface area contributed by atoms with E-state index in [9.17, 15) is 4.79 Å². The molecule has 24 heavy (non-hydrogen) atoms. The van der Waals surface area contributed by atoms with Crippen molar-refractivity contribution in [1.29, 1.82) is 0 Å². The van der Waals surface area contributed by atoms with Gasteiger partial charge in [0.2, 0.25) is 0 Å². The minimum Gasteiger partial charge on any atom is -0.380 e. The van der Waals surface area contributed by atoms with Crippen molar-refractivity contribution >= 4 is 16.9 Å². The highest BCUT2D eigenvalue weighted by atomic mass is 16.5. The molecule has 0 saturated heterocycles. The topological polar surface area (TPSA) is 64.1 Å². The first-order valence-electron chi connectivity index (χ1n) is 8.93. The molecule has 0 atom stereocenters. The third kappa shape index (κ3) is 3.73. The van der Waals surface area contributed by atoms with E-state index in [0.29, 0.717) is 24.6 Å². The van der Waals surface area contributed by atoms with Crippen molar-refractivity contribution in [3.05, 3.63) is 35.7 Å². The molecule has 2 heterocycles. The van der Waals surface area contributed by atoms with Crippen molar-refractivity contribution in [1.82, 2.24) is 15.3 Å². The zero-order valence-electron chi connectivity index (χ0n) is 13.8. The molecule has 2 aliphatic rings. The van der Waals surface area contributed by atoms with Gasteiger partial charge in [0.1, 0.15) is 0 Å². The second-order valence-corrected chi connectivity index (χ2v) is 6.85. The lowest BCUT2D eigenvalue weighted by atomic mass is 10.1. The number of aromatic nitrogens is 2. The van der Waals surface area contributed by atoms with E-state index >= 15 is 0 Å². The molecule has 126 valence electrons. The van der Waals surface area contributed by atoms with Gasteiger partial charge in [-0.05, 0) is 43.4 Å². The Morgan fingerprint density at radius 1 is 1.25 bits per heavy atom. The van der Waals surface area contributed by atoms with Gasteiger partial charge in [-0.2, -0.15) is 0 Å². The Labute approximate surface area is 141 Å². The molecule has 4 rings (SSSR count). The van der Waals surface area contributed by atoms with E-state index in [1.165, 1.54) is 12.8 Å². The molecular weight excluding hydrogens is 302 g/mol. The van der Waals surface area contributed by atoms with Gasteiger partial charge in [0.05, 0.1) is 17.9 Å². The lowest BCUT2D eigenvalue weighted by Gasteiger charge is -2.10. The maximum atomic E-state index is 12.6. The molecule has 5 nitrogen and oxygen atoms in total. The number of nitrogens with one attached hydrogen (secondary N) is 1. The van der Waals surface area contributed by atoms with E-state index in [0.717, 1.165) is 48.5 Å². The summed E-state index contributed by atoms with van der Waals surface area (Å²) in [5.74, 6) is 1.24. The number of ether oxygens (including phenoxy) is 1. The van der Waals surface area contributed by atoms with Crippen molar-refractivity contribution in [2.45, 2.75) is 38.0 Å². The summed E-state index contributed by atoms with van der Waals surface area (Å²) in [5, 5.41) is 3.88. The number of carbonyl (C=O) groups excluding carboxylic acids is 1. The summed E-state index contributed by atoms with van der Waals surface area (Å²) in [7, 11) is 0. The molecule has 0 spiro atoms. The van der Waals surface area contributed by atoms with Crippen LogP contribution in [0.1, 0.15) is 54.1 Å². The summed E-state index contributed by atoms with van der Waals surface area (Å²) < 4.78 is 5.59. The third-order valence-corrected chi connectivity index (χ3v) is 4.73. The van der Waals surface area contributed by atoms with Crippen LogP contribution in [0.15, 0.2) is 24.4 Å². The van der Waals surface area contributed by atoms with Crippen LogP contribution in [0.5, 0.6) is 0 Å². The van der Waals surface area contributed by atoms with Crippen LogP contribution in [-0.2, 0) is 4.74 Å².